The predicted octanol–water partition coefficient (Wildman–Crippen LogP) is 2.86. The summed E-state index contributed by atoms with van der Waals surface area (Å²) >= 11 is 1.71. The number of aryl methyl sites for hydroxylation is 1. The molecule has 0 amide bonds. The molecule has 1 aromatic carbocycles. The van der Waals surface area contributed by atoms with Crippen LogP contribution in [-0.4, -0.2) is 4.98 Å². The van der Waals surface area contributed by atoms with E-state index in [0.29, 0.717) is 0 Å². The van der Waals surface area contributed by atoms with Crippen molar-refractivity contribution in [2.45, 2.75) is 13.3 Å². The molecule has 11 heavy (non-hydrogen) atoms. The van der Waals surface area contributed by atoms with Crippen molar-refractivity contribution in [1.29, 1.82) is 0 Å². The fourth-order valence-corrected chi connectivity index (χ4v) is 1.95. The fourth-order valence-electron chi connectivity index (χ4n) is 1.23. The lowest BCUT2D eigenvalue weighted by atomic mass is 10.1. The van der Waals surface area contributed by atoms with Crippen LogP contribution in [-0.2, 0) is 6.42 Å². The van der Waals surface area contributed by atoms with Crippen molar-refractivity contribution in [3.8, 4) is 0 Å². The lowest BCUT2D eigenvalue weighted by Crippen LogP contribution is -1.80. The van der Waals surface area contributed by atoms with Crippen LogP contribution in [0.2, 0.25) is 0 Å². The third-order valence-electron chi connectivity index (χ3n) is 1.82. The van der Waals surface area contributed by atoms with E-state index in [4.69, 9.17) is 0 Å². The van der Waals surface area contributed by atoms with Crippen molar-refractivity contribution in [1.82, 2.24) is 4.98 Å². The molecule has 0 aliphatic carbocycles. The molecular formula is C9H9NS. The molecule has 1 heterocycles. The number of fused-ring (bicyclic) bond motifs is 1. The first kappa shape index (κ1) is 6.80. The third kappa shape index (κ3) is 1.03. The quantitative estimate of drug-likeness (QED) is 0.630. The highest BCUT2D eigenvalue weighted by atomic mass is 32.1. The number of hydrogen-bond acceptors (Lipinski definition) is 2. The second-order valence-corrected chi connectivity index (χ2v) is 3.36. The molecule has 0 radical (unpaired) electrons. The van der Waals surface area contributed by atoms with Crippen LogP contribution in [0.4, 0.5) is 0 Å². The van der Waals surface area contributed by atoms with Crippen molar-refractivity contribution in [2.75, 3.05) is 0 Å². The molecular weight excluding hydrogens is 154 g/mol. The molecule has 2 heteroatoms. The molecule has 0 bridgehead atoms. The molecule has 1 nitrogen and oxygen atoms in total. The van der Waals surface area contributed by atoms with E-state index in [2.05, 4.69) is 30.1 Å². The van der Waals surface area contributed by atoms with Crippen molar-refractivity contribution in [2.24, 2.45) is 0 Å². The van der Waals surface area contributed by atoms with Crippen LogP contribution < -0.4 is 0 Å². The second kappa shape index (κ2) is 2.62. The number of benzene rings is 1. The van der Waals surface area contributed by atoms with E-state index in [1.807, 2.05) is 5.51 Å². The van der Waals surface area contributed by atoms with Crippen LogP contribution in [0.1, 0.15) is 12.5 Å². The van der Waals surface area contributed by atoms with Crippen LogP contribution in [0.5, 0.6) is 0 Å². The molecule has 0 atom stereocenters. The van der Waals surface area contributed by atoms with E-state index in [1.165, 1.54) is 15.8 Å². The molecule has 0 fully saturated rings. The Kier molecular flexibility index (Phi) is 1.62. The summed E-state index contributed by atoms with van der Waals surface area (Å²) in [5, 5.41) is 0. The van der Waals surface area contributed by atoms with Crippen molar-refractivity contribution in [3.63, 3.8) is 0 Å². The minimum Gasteiger partial charge on any atom is -0.244 e. The highest BCUT2D eigenvalue weighted by Gasteiger charge is 1.99. The van der Waals surface area contributed by atoms with Crippen LogP contribution in [0, 0.1) is 0 Å². The van der Waals surface area contributed by atoms with E-state index in [-0.39, 0.29) is 0 Å². The van der Waals surface area contributed by atoms with Gasteiger partial charge >= 0.3 is 0 Å². The smallest absolute Gasteiger partial charge is 0.0843 e. The Hall–Kier alpha value is -0.890. The average Bonchev–Trinajstić information content (AvgIpc) is 2.50. The lowest BCUT2D eigenvalue weighted by molar-refractivity contribution is 1.15. The first-order chi connectivity index (χ1) is 5.42. The Morgan fingerprint density at radius 3 is 3.18 bits per heavy atom. The Morgan fingerprint density at radius 1 is 1.45 bits per heavy atom. The van der Waals surface area contributed by atoms with Gasteiger partial charge in [-0.05, 0) is 18.1 Å². The second-order valence-electron chi connectivity index (χ2n) is 2.47. The Morgan fingerprint density at radius 2 is 2.36 bits per heavy atom. The number of hydrogen-bond donors (Lipinski definition) is 0. The monoisotopic (exact) mass is 163 g/mol. The zero-order valence-electron chi connectivity index (χ0n) is 6.37. The highest BCUT2D eigenvalue weighted by molar-refractivity contribution is 7.16. The van der Waals surface area contributed by atoms with E-state index >= 15 is 0 Å². The van der Waals surface area contributed by atoms with Crippen molar-refractivity contribution < 1.29 is 0 Å². The number of rotatable bonds is 1. The minimum atomic E-state index is 1.07. The van der Waals surface area contributed by atoms with Gasteiger partial charge < -0.3 is 0 Å². The van der Waals surface area contributed by atoms with Gasteiger partial charge in [0.25, 0.3) is 0 Å². The first-order valence-corrected chi connectivity index (χ1v) is 4.61. The summed E-state index contributed by atoms with van der Waals surface area (Å²) in [6.07, 6.45) is 1.07. The highest BCUT2D eigenvalue weighted by Crippen LogP contribution is 2.20. The van der Waals surface area contributed by atoms with E-state index < -0.39 is 0 Å². The third-order valence-corrected chi connectivity index (χ3v) is 2.62. The maximum Gasteiger partial charge on any atom is 0.0843 e. The lowest BCUT2D eigenvalue weighted by Gasteiger charge is -1.95. The molecule has 0 spiro atoms. The first-order valence-electron chi connectivity index (χ1n) is 3.73. The van der Waals surface area contributed by atoms with Gasteiger partial charge in [-0.2, -0.15) is 0 Å². The SMILES string of the molecule is CCc1cccc2scnc12. The largest absolute Gasteiger partial charge is 0.244 e. The molecule has 0 unspecified atom stereocenters. The summed E-state index contributed by atoms with van der Waals surface area (Å²) in [7, 11) is 0. The van der Waals surface area contributed by atoms with E-state index in [1.54, 1.807) is 11.3 Å². The number of nitrogens with zero attached hydrogens (tertiary/aromatic N) is 1. The molecule has 0 saturated carbocycles. The zero-order valence-corrected chi connectivity index (χ0v) is 7.19. The Bertz CT molecular complexity index is 364. The Labute approximate surface area is 69.7 Å². The molecule has 2 aromatic rings. The minimum absolute atomic E-state index is 1.07. The van der Waals surface area contributed by atoms with Crippen LogP contribution in [0.3, 0.4) is 0 Å². The van der Waals surface area contributed by atoms with Gasteiger partial charge in [0.2, 0.25) is 0 Å². The molecule has 0 aliphatic heterocycles. The maximum atomic E-state index is 4.31. The zero-order chi connectivity index (χ0) is 7.68. The Balaban J connectivity index is 2.79. The van der Waals surface area contributed by atoms with Gasteiger partial charge in [-0.1, -0.05) is 19.1 Å². The summed E-state index contributed by atoms with van der Waals surface area (Å²) in [6.45, 7) is 2.16. The topological polar surface area (TPSA) is 12.9 Å². The summed E-state index contributed by atoms with van der Waals surface area (Å²) < 4.78 is 1.30. The van der Waals surface area contributed by atoms with Crippen LogP contribution in [0.15, 0.2) is 23.7 Å². The standard InChI is InChI=1S/C9H9NS/c1-2-7-4-3-5-8-9(7)10-6-11-8/h3-6H,2H2,1H3. The summed E-state index contributed by atoms with van der Waals surface area (Å²) in [5.41, 5.74) is 4.44. The van der Waals surface area contributed by atoms with E-state index in [9.17, 15) is 0 Å². The normalized spacial score (nSPS) is 10.6. The summed E-state index contributed by atoms with van der Waals surface area (Å²) in [5.74, 6) is 0. The molecule has 2 rings (SSSR count). The molecule has 0 saturated heterocycles. The van der Waals surface area contributed by atoms with Crippen molar-refractivity contribution >= 4 is 21.6 Å². The van der Waals surface area contributed by atoms with Crippen LogP contribution >= 0.6 is 11.3 Å². The number of aromatic nitrogens is 1. The van der Waals surface area contributed by atoms with E-state index in [0.717, 1.165) is 6.42 Å². The molecule has 0 aliphatic rings. The van der Waals surface area contributed by atoms with Gasteiger partial charge in [-0.15, -0.1) is 11.3 Å². The van der Waals surface area contributed by atoms with Crippen molar-refractivity contribution in [3.05, 3.63) is 29.3 Å². The predicted molar refractivity (Wildman–Crippen MR) is 49.0 cm³/mol. The van der Waals surface area contributed by atoms with Gasteiger partial charge in [-0.25, -0.2) is 4.98 Å². The summed E-state index contributed by atoms with van der Waals surface area (Å²) in [6, 6.07) is 6.35. The number of thiazole rings is 1. The molecule has 0 N–H and O–H groups in total. The van der Waals surface area contributed by atoms with Gasteiger partial charge in [0, 0.05) is 0 Å². The molecule has 1 aromatic heterocycles. The molecule has 56 valence electrons. The van der Waals surface area contributed by atoms with Crippen LogP contribution in [0.25, 0.3) is 10.2 Å². The maximum absolute atomic E-state index is 4.31. The van der Waals surface area contributed by atoms with Gasteiger partial charge in [0.1, 0.15) is 0 Å². The number of para-hydroxylation sites is 1. The average molecular weight is 163 g/mol. The fraction of sp³-hybridized carbons (Fsp3) is 0.222. The summed E-state index contributed by atoms with van der Waals surface area (Å²) in [4.78, 5) is 4.31. The van der Waals surface area contributed by atoms with Gasteiger partial charge in [0.05, 0.1) is 15.7 Å². The van der Waals surface area contributed by atoms with Gasteiger partial charge in [0.15, 0.2) is 0 Å². The van der Waals surface area contributed by atoms with Gasteiger partial charge in [-0.3, -0.25) is 0 Å².